The number of hydroxylamine groups is 1. The minimum atomic E-state index is -1.25. The van der Waals surface area contributed by atoms with Crippen molar-refractivity contribution in [2.75, 3.05) is 5.01 Å². The van der Waals surface area contributed by atoms with E-state index in [1.165, 1.54) is 0 Å². The van der Waals surface area contributed by atoms with Gasteiger partial charge in [-0.25, -0.2) is 15.3 Å². The first-order chi connectivity index (χ1) is 13.8. The maximum absolute atomic E-state index is 12.9. The number of imidazole rings is 1. The summed E-state index contributed by atoms with van der Waals surface area (Å²) in [4.78, 5) is 39.7. The number of aromatic amines is 1. The van der Waals surface area contributed by atoms with Crippen LogP contribution in [-0.2, 0) is 9.59 Å². The molecule has 1 aromatic carbocycles. The minimum Gasteiger partial charge on any atom is -0.492 e. The molecule has 0 saturated carbocycles. The lowest BCUT2D eigenvalue weighted by Gasteiger charge is -2.30. The SMILES string of the molecule is CC(C)CCC(=O)N([C@@H](CC=Cc1ccccc1)C(=O)NO)n1c(O)c[nH]c1=O. The number of rotatable bonds is 9. The summed E-state index contributed by atoms with van der Waals surface area (Å²) in [5, 5.41) is 20.1. The summed E-state index contributed by atoms with van der Waals surface area (Å²) in [6, 6.07) is 8.07. The predicted molar refractivity (Wildman–Crippen MR) is 108 cm³/mol. The van der Waals surface area contributed by atoms with Crippen LogP contribution in [0.1, 0.15) is 38.7 Å². The molecule has 0 fully saturated rings. The molecule has 0 aliphatic carbocycles. The Labute approximate surface area is 168 Å². The topological polar surface area (TPSA) is 128 Å². The Morgan fingerprint density at radius 3 is 2.52 bits per heavy atom. The molecule has 0 radical (unpaired) electrons. The Kier molecular flexibility index (Phi) is 7.79. The van der Waals surface area contributed by atoms with E-state index in [-0.39, 0.29) is 18.8 Å². The molecular formula is C20H26N4O5. The summed E-state index contributed by atoms with van der Waals surface area (Å²) in [6.07, 6.45) is 5.04. The third kappa shape index (κ3) is 5.82. The second kappa shape index (κ2) is 10.3. The smallest absolute Gasteiger partial charge is 0.347 e. The second-order valence-electron chi connectivity index (χ2n) is 6.98. The fourth-order valence-electron chi connectivity index (χ4n) is 2.80. The Hall–Kier alpha value is -3.33. The maximum Gasteiger partial charge on any atom is 0.347 e. The molecule has 29 heavy (non-hydrogen) atoms. The summed E-state index contributed by atoms with van der Waals surface area (Å²) < 4.78 is 0.707. The number of nitrogens with zero attached hydrogens (tertiary/aromatic N) is 2. The molecule has 2 aromatic rings. The molecule has 9 nitrogen and oxygen atoms in total. The van der Waals surface area contributed by atoms with Gasteiger partial charge in [0.1, 0.15) is 6.04 Å². The van der Waals surface area contributed by atoms with E-state index in [0.717, 1.165) is 16.8 Å². The predicted octanol–water partition coefficient (Wildman–Crippen LogP) is 1.76. The Balaban J connectivity index is 2.38. The maximum atomic E-state index is 12.9. The number of aromatic hydroxyl groups is 1. The number of hydrogen-bond acceptors (Lipinski definition) is 5. The normalized spacial score (nSPS) is 12.3. The van der Waals surface area contributed by atoms with Crippen molar-refractivity contribution >= 4 is 17.9 Å². The first kappa shape index (κ1) is 22.0. The molecular weight excluding hydrogens is 376 g/mol. The highest BCUT2D eigenvalue weighted by Crippen LogP contribution is 2.15. The highest BCUT2D eigenvalue weighted by Gasteiger charge is 2.33. The molecule has 4 N–H and O–H groups in total. The molecule has 2 amide bonds. The molecule has 156 valence electrons. The van der Waals surface area contributed by atoms with Gasteiger partial charge in [0.15, 0.2) is 0 Å². The van der Waals surface area contributed by atoms with Crippen LogP contribution in [0.15, 0.2) is 47.4 Å². The summed E-state index contributed by atoms with van der Waals surface area (Å²) in [5.41, 5.74) is 1.65. The minimum absolute atomic E-state index is 0.00572. The highest BCUT2D eigenvalue weighted by atomic mass is 16.5. The van der Waals surface area contributed by atoms with Crippen molar-refractivity contribution in [3.8, 4) is 5.88 Å². The van der Waals surface area contributed by atoms with E-state index in [1.807, 2.05) is 44.2 Å². The largest absolute Gasteiger partial charge is 0.492 e. The van der Waals surface area contributed by atoms with Crippen LogP contribution >= 0.6 is 0 Å². The molecule has 0 bridgehead atoms. The molecule has 0 aliphatic heterocycles. The average molecular weight is 402 g/mol. The number of nitrogens with one attached hydrogen (secondary N) is 2. The summed E-state index contributed by atoms with van der Waals surface area (Å²) in [5.74, 6) is -1.71. The van der Waals surface area contributed by atoms with Gasteiger partial charge in [-0.3, -0.25) is 14.8 Å². The molecule has 0 saturated heterocycles. The van der Waals surface area contributed by atoms with Crippen molar-refractivity contribution < 1.29 is 19.9 Å². The number of carbonyl (C=O) groups excluding carboxylic acids is 2. The second-order valence-corrected chi connectivity index (χ2v) is 6.98. The van der Waals surface area contributed by atoms with Gasteiger partial charge in [0.05, 0.1) is 6.20 Å². The van der Waals surface area contributed by atoms with Crippen LogP contribution in [0.4, 0.5) is 0 Å². The molecule has 0 aliphatic rings. The van der Waals surface area contributed by atoms with Crippen molar-refractivity contribution in [1.82, 2.24) is 15.1 Å². The van der Waals surface area contributed by atoms with Gasteiger partial charge in [-0.15, -0.1) is 0 Å². The number of benzene rings is 1. The molecule has 2 rings (SSSR count). The number of amides is 2. The van der Waals surface area contributed by atoms with Gasteiger partial charge in [0.25, 0.3) is 5.91 Å². The van der Waals surface area contributed by atoms with Gasteiger partial charge in [0.2, 0.25) is 11.8 Å². The van der Waals surface area contributed by atoms with E-state index in [1.54, 1.807) is 17.6 Å². The Bertz CT molecular complexity index is 901. The van der Waals surface area contributed by atoms with E-state index < -0.39 is 29.4 Å². The van der Waals surface area contributed by atoms with Crippen molar-refractivity contribution in [1.29, 1.82) is 0 Å². The number of aromatic nitrogens is 2. The Morgan fingerprint density at radius 1 is 1.28 bits per heavy atom. The summed E-state index contributed by atoms with van der Waals surface area (Å²) in [6.45, 7) is 3.89. The molecule has 0 spiro atoms. The molecule has 0 unspecified atom stereocenters. The van der Waals surface area contributed by atoms with Crippen LogP contribution in [-0.4, -0.2) is 37.8 Å². The first-order valence-electron chi connectivity index (χ1n) is 9.32. The van der Waals surface area contributed by atoms with Crippen LogP contribution in [0.25, 0.3) is 6.08 Å². The van der Waals surface area contributed by atoms with Crippen molar-refractivity contribution in [2.24, 2.45) is 5.92 Å². The van der Waals surface area contributed by atoms with Crippen LogP contribution < -0.4 is 16.2 Å². The van der Waals surface area contributed by atoms with Gasteiger partial charge in [0, 0.05) is 6.42 Å². The zero-order chi connectivity index (χ0) is 21.4. The van der Waals surface area contributed by atoms with Gasteiger partial charge < -0.3 is 10.1 Å². The monoisotopic (exact) mass is 402 g/mol. The van der Waals surface area contributed by atoms with Gasteiger partial charge in [-0.2, -0.15) is 4.68 Å². The Morgan fingerprint density at radius 2 is 1.97 bits per heavy atom. The van der Waals surface area contributed by atoms with Gasteiger partial charge in [-0.1, -0.05) is 56.3 Å². The van der Waals surface area contributed by atoms with Crippen LogP contribution in [0, 0.1) is 5.92 Å². The summed E-state index contributed by atoms with van der Waals surface area (Å²) in [7, 11) is 0. The number of H-pyrrole nitrogens is 1. The van der Waals surface area contributed by atoms with E-state index in [4.69, 9.17) is 0 Å². The van der Waals surface area contributed by atoms with Gasteiger partial charge in [-0.05, 0) is 24.3 Å². The zero-order valence-corrected chi connectivity index (χ0v) is 16.4. The molecule has 1 heterocycles. The standard InChI is InChI=1S/C20H26N4O5/c1-14(2)11-12-17(25)23(24-18(26)13-21-20(24)28)16(19(27)22-29)10-6-9-15-7-4-3-5-8-15/h3-9,13-14,16,26,29H,10-12H2,1-2H3,(H,21,28)(H,22,27)/t16-/m0/s1. The highest BCUT2D eigenvalue weighted by molar-refractivity contribution is 5.95. The van der Waals surface area contributed by atoms with Crippen LogP contribution in [0.3, 0.4) is 0 Å². The fraction of sp³-hybridized carbons (Fsp3) is 0.350. The lowest BCUT2D eigenvalue weighted by molar-refractivity contribution is -0.134. The van der Waals surface area contributed by atoms with Crippen molar-refractivity contribution in [3.05, 3.63) is 58.7 Å². The summed E-state index contributed by atoms with van der Waals surface area (Å²) >= 11 is 0. The van der Waals surface area contributed by atoms with Crippen LogP contribution in [0.2, 0.25) is 0 Å². The van der Waals surface area contributed by atoms with E-state index in [0.29, 0.717) is 11.1 Å². The lowest BCUT2D eigenvalue weighted by Crippen LogP contribution is -2.57. The number of carbonyl (C=O) groups is 2. The third-order valence-electron chi connectivity index (χ3n) is 4.32. The molecule has 1 aromatic heterocycles. The quantitative estimate of drug-likeness (QED) is 0.375. The van der Waals surface area contributed by atoms with E-state index in [2.05, 4.69) is 4.98 Å². The average Bonchev–Trinajstić information content (AvgIpc) is 3.04. The van der Waals surface area contributed by atoms with E-state index >= 15 is 0 Å². The fourth-order valence-corrected chi connectivity index (χ4v) is 2.80. The number of hydrogen-bond donors (Lipinski definition) is 4. The third-order valence-corrected chi connectivity index (χ3v) is 4.32. The first-order valence-corrected chi connectivity index (χ1v) is 9.32. The van der Waals surface area contributed by atoms with Crippen molar-refractivity contribution in [2.45, 2.75) is 39.2 Å². The van der Waals surface area contributed by atoms with Crippen molar-refractivity contribution in [3.63, 3.8) is 0 Å². The van der Waals surface area contributed by atoms with E-state index in [9.17, 15) is 24.7 Å². The lowest BCUT2D eigenvalue weighted by atomic mass is 10.1. The molecule has 1 atom stereocenters. The molecule has 9 heteroatoms. The van der Waals surface area contributed by atoms with Gasteiger partial charge >= 0.3 is 5.69 Å². The zero-order valence-electron chi connectivity index (χ0n) is 16.4. The van der Waals surface area contributed by atoms with Crippen LogP contribution in [0.5, 0.6) is 5.88 Å².